The van der Waals surface area contributed by atoms with Gasteiger partial charge in [0.05, 0.1) is 37.0 Å². The minimum absolute atomic E-state index is 0.0219. The molecule has 1 aromatic carbocycles. The Morgan fingerprint density at radius 1 is 0.692 bits per heavy atom. The first-order valence-electron chi connectivity index (χ1n) is 29.7. The van der Waals surface area contributed by atoms with Crippen molar-refractivity contribution in [1.29, 1.82) is 5.41 Å². The number of ether oxygens (including phenoxy) is 1. The Balaban J connectivity index is 2.42. The SMILES string of the molecule is CCC(C)C(NC(=O)CNC(=O)C(CCSC)NC(=O)C(CCCNC(=N)N)NC(=O)C(Cc1ccccc1)NC(=O)C1CCCN1C(=O)C(C)N)C(=O)NC(CSCC(=O)OC(C)(C)C)C(=O)NC(C(=O)NC(C(=O)NC(CC(N)=O)C(N)=O)C(C)O)C(C)O. The van der Waals surface area contributed by atoms with E-state index in [2.05, 4.69) is 53.2 Å². The number of nitrogens with two attached hydrogens (primary N) is 4. The first-order valence-corrected chi connectivity index (χ1v) is 32.3. The van der Waals surface area contributed by atoms with Crippen LogP contribution in [0.15, 0.2) is 30.3 Å². The normalized spacial score (nSPS) is 16.9. The summed E-state index contributed by atoms with van der Waals surface area (Å²) < 4.78 is 5.37. The molecule has 1 saturated heterocycles. The first kappa shape index (κ1) is 79.3. The van der Waals surface area contributed by atoms with E-state index in [4.69, 9.17) is 33.1 Å². The molecule has 12 amide bonds. The lowest BCUT2D eigenvalue weighted by Gasteiger charge is -2.29. The molecule has 1 aliphatic heterocycles. The zero-order valence-corrected chi connectivity index (χ0v) is 54.6. The number of likely N-dealkylation sites (tertiary alicyclic amines) is 1. The van der Waals surface area contributed by atoms with Crippen molar-refractivity contribution in [3.05, 3.63) is 35.9 Å². The van der Waals surface area contributed by atoms with Crippen LogP contribution in [0.3, 0.4) is 0 Å². The lowest BCUT2D eigenvalue weighted by molar-refractivity contribution is -0.151. The molecular formula is C57H94N16O16S2. The molecule has 32 nitrogen and oxygen atoms in total. The summed E-state index contributed by atoms with van der Waals surface area (Å²) in [5, 5.41) is 53.8. The number of benzene rings is 1. The number of nitrogens with zero attached hydrogens (tertiary/aromatic N) is 1. The molecule has 0 bridgehead atoms. The Morgan fingerprint density at radius 2 is 1.23 bits per heavy atom. The van der Waals surface area contributed by atoms with Gasteiger partial charge in [0.1, 0.15) is 60.0 Å². The Labute approximate surface area is 537 Å². The van der Waals surface area contributed by atoms with Gasteiger partial charge in [-0.15, -0.1) is 11.8 Å². The Morgan fingerprint density at radius 3 is 1.77 bits per heavy atom. The molecule has 21 N–H and O–H groups in total. The molecular weight excluding hydrogens is 1230 g/mol. The van der Waals surface area contributed by atoms with Gasteiger partial charge in [-0.1, -0.05) is 50.6 Å². The van der Waals surface area contributed by atoms with Crippen LogP contribution in [0.25, 0.3) is 0 Å². The van der Waals surface area contributed by atoms with Crippen molar-refractivity contribution in [2.75, 3.05) is 43.1 Å². The lowest BCUT2D eigenvalue weighted by atomic mass is 9.98. The van der Waals surface area contributed by atoms with Gasteiger partial charge < -0.3 is 96.0 Å². The number of guanidine groups is 1. The van der Waals surface area contributed by atoms with Gasteiger partial charge >= 0.3 is 5.97 Å². The summed E-state index contributed by atoms with van der Waals surface area (Å²) in [5.41, 5.74) is 21.6. The van der Waals surface area contributed by atoms with Crippen LogP contribution in [-0.2, 0) is 73.5 Å². The maximum atomic E-state index is 14.3. The summed E-state index contributed by atoms with van der Waals surface area (Å²) in [6.07, 6.45) is -1.17. The highest BCUT2D eigenvalue weighted by atomic mass is 32.2. The summed E-state index contributed by atoms with van der Waals surface area (Å²) >= 11 is 2.17. The van der Waals surface area contributed by atoms with E-state index in [9.17, 15) is 72.5 Å². The highest BCUT2D eigenvalue weighted by Crippen LogP contribution is 2.20. The fraction of sp³-hybridized carbons (Fsp3) is 0.649. The largest absolute Gasteiger partial charge is 0.459 e. The fourth-order valence-corrected chi connectivity index (χ4v) is 10.3. The molecule has 0 aromatic heterocycles. The smallest absolute Gasteiger partial charge is 0.316 e. The number of thioether (sulfide) groups is 2. The fourth-order valence-electron chi connectivity index (χ4n) is 9.02. The molecule has 1 aromatic rings. The number of carbonyl (C=O) groups excluding carboxylic acids is 13. The van der Waals surface area contributed by atoms with Crippen LogP contribution < -0.4 is 76.1 Å². The van der Waals surface area contributed by atoms with Crippen LogP contribution in [0, 0.1) is 11.3 Å². The standard InChI is InChI=1S/C57H94N16O16S2/c1-10-29(2)43(52(85)69-38(27-91-28-42(78)89-57(6,7)8)50(83)71-45(32(5)75)54(87)72-44(31(4)74)53(86)67-36(46(60)79)25-40(59)76)70-41(77)26-64-47(80)35(20-23-90-9)66-48(81)34(18-14-21-63-56(61)62)65-49(82)37(24-33-16-12-11-13-17-33)68-51(84)39-19-15-22-73(39)55(88)30(3)58/h11-13,16-17,29-32,34-39,43-45,74-75H,10,14-15,18-28,58H2,1-9H3,(H2,59,76)(H2,60,79)(H,64,80)(H,65,82)(H,66,81)(H,67,86)(H,68,84)(H,69,85)(H,70,77)(H,71,83)(H,72,87)(H4,61,62,63). The number of primary amides is 2. The number of aliphatic hydroxyl groups excluding tert-OH is 2. The predicted molar refractivity (Wildman–Crippen MR) is 338 cm³/mol. The zero-order valence-electron chi connectivity index (χ0n) is 53.0. The number of hydrogen-bond acceptors (Lipinski definition) is 20. The molecule has 91 heavy (non-hydrogen) atoms. The maximum Gasteiger partial charge on any atom is 0.316 e. The van der Waals surface area contributed by atoms with E-state index in [-0.39, 0.29) is 62.7 Å². The number of nitrogens with one attached hydrogen (secondary N) is 11. The van der Waals surface area contributed by atoms with Gasteiger partial charge in [0.2, 0.25) is 70.9 Å². The molecule has 0 spiro atoms. The monoisotopic (exact) mass is 1320 g/mol. The topological polar surface area (TPSA) is 523 Å². The van der Waals surface area contributed by atoms with Gasteiger partial charge in [-0.05, 0) is 97.1 Å². The van der Waals surface area contributed by atoms with Crippen LogP contribution >= 0.6 is 23.5 Å². The van der Waals surface area contributed by atoms with E-state index in [0.717, 1.165) is 25.6 Å². The van der Waals surface area contributed by atoms with Crippen molar-refractivity contribution in [2.45, 2.75) is 185 Å². The number of hydrogen-bond donors (Lipinski definition) is 17. The van der Waals surface area contributed by atoms with Crippen molar-refractivity contribution in [1.82, 2.24) is 58.1 Å². The van der Waals surface area contributed by atoms with Crippen molar-refractivity contribution in [3.8, 4) is 0 Å². The van der Waals surface area contributed by atoms with E-state index in [1.54, 1.807) is 71.2 Å². The molecule has 0 radical (unpaired) electrons. The van der Waals surface area contributed by atoms with Crippen LogP contribution in [0.2, 0.25) is 0 Å². The van der Waals surface area contributed by atoms with Gasteiger partial charge in [0, 0.05) is 25.3 Å². The van der Waals surface area contributed by atoms with Crippen LogP contribution in [-0.4, -0.2) is 219 Å². The van der Waals surface area contributed by atoms with Crippen molar-refractivity contribution in [2.24, 2.45) is 28.9 Å². The van der Waals surface area contributed by atoms with E-state index in [1.165, 1.54) is 23.6 Å². The van der Waals surface area contributed by atoms with Crippen molar-refractivity contribution < 1.29 is 77.3 Å². The molecule has 1 aliphatic rings. The van der Waals surface area contributed by atoms with E-state index in [0.29, 0.717) is 24.2 Å². The van der Waals surface area contributed by atoms with Crippen LogP contribution in [0.4, 0.5) is 0 Å². The Hall–Kier alpha value is -7.82. The average Bonchev–Trinajstić information content (AvgIpc) is 2.05. The number of rotatable bonds is 39. The van der Waals surface area contributed by atoms with E-state index < -0.39 is 174 Å². The quantitative estimate of drug-likeness (QED) is 0.0127. The minimum Gasteiger partial charge on any atom is -0.459 e. The predicted octanol–water partition coefficient (Wildman–Crippen LogP) is -5.18. The Bertz CT molecular complexity index is 2690. The summed E-state index contributed by atoms with van der Waals surface area (Å²) in [4.78, 5) is 176. The van der Waals surface area contributed by atoms with Gasteiger partial charge in [-0.3, -0.25) is 67.7 Å². The minimum atomic E-state index is -1.90. The third kappa shape index (κ3) is 28.9. The van der Waals surface area contributed by atoms with Gasteiger partial charge in [-0.2, -0.15) is 11.8 Å². The zero-order chi connectivity index (χ0) is 68.9. The maximum absolute atomic E-state index is 14.3. The van der Waals surface area contributed by atoms with Crippen molar-refractivity contribution in [3.63, 3.8) is 0 Å². The second kappa shape index (κ2) is 39.4. The molecule has 0 saturated carbocycles. The molecule has 13 unspecified atom stereocenters. The van der Waals surface area contributed by atoms with Gasteiger partial charge in [0.15, 0.2) is 5.96 Å². The third-order valence-corrected chi connectivity index (χ3v) is 15.6. The number of esters is 1. The molecule has 13 atom stereocenters. The van der Waals surface area contributed by atoms with Crippen LogP contribution in [0.1, 0.15) is 106 Å². The first-order chi connectivity index (χ1) is 42.6. The van der Waals surface area contributed by atoms with Gasteiger partial charge in [0.25, 0.3) is 0 Å². The molecule has 1 fully saturated rings. The second-order valence-corrected chi connectivity index (χ2v) is 25.0. The molecule has 34 heteroatoms. The van der Waals surface area contributed by atoms with Gasteiger partial charge in [-0.25, -0.2) is 0 Å². The highest BCUT2D eigenvalue weighted by molar-refractivity contribution is 8.00. The molecule has 2 rings (SSSR count). The lowest BCUT2D eigenvalue weighted by Crippen LogP contribution is -2.63. The number of carbonyl (C=O) groups is 13. The summed E-state index contributed by atoms with van der Waals surface area (Å²) in [7, 11) is 0. The molecule has 0 aliphatic carbocycles. The van der Waals surface area contributed by atoms with Crippen molar-refractivity contribution >= 4 is 106 Å². The second-order valence-electron chi connectivity index (χ2n) is 23.0. The Kier molecular flexibility index (Phi) is 34.4. The summed E-state index contributed by atoms with van der Waals surface area (Å²) in [5.74, 6) is -13.2. The molecule has 1 heterocycles. The highest BCUT2D eigenvalue weighted by Gasteiger charge is 2.40. The summed E-state index contributed by atoms with van der Waals surface area (Å²) in [6, 6.07) is -5.44. The molecule has 510 valence electrons. The third-order valence-electron chi connectivity index (χ3n) is 14.0. The average molecular weight is 1320 g/mol. The number of aliphatic hydroxyl groups is 2. The summed E-state index contributed by atoms with van der Waals surface area (Å²) in [6.45, 7) is 11.5. The van der Waals surface area contributed by atoms with Crippen LogP contribution in [0.5, 0.6) is 0 Å². The van der Waals surface area contributed by atoms with E-state index in [1.807, 2.05) is 0 Å². The van der Waals surface area contributed by atoms with E-state index >= 15 is 0 Å². The number of amides is 12.